The van der Waals surface area contributed by atoms with Crippen LogP contribution in [0.5, 0.6) is 0 Å². The van der Waals surface area contributed by atoms with Gasteiger partial charge in [-0.2, -0.15) is 0 Å². The van der Waals surface area contributed by atoms with Crippen LogP contribution in [-0.4, -0.2) is 24.8 Å². The van der Waals surface area contributed by atoms with Crippen LogP contribution in [-0.2, 0) is 22.0 Å². The first-order valence-electron chi connectivity index (χ1n) is 10.8. The molecule has 0 aliphatic heterocycles. The number of benzene rings is 2. The Kier molecular flexibility index (Phi) is 6.52. The molecule has 1 aliphatic rings. The number of aromatic carboxylic acids is 1. The van der Waals surface area contributed by atoms with Gasteiger partial charge in [-0.25, -0.2) is 4.79 Å². The van der Waals surface area contributed by atoms with E-state index >= 15 is 0 Å². The molecule has 3 rings (SSSR count). The standard InChI is InChI=1S/C27H34O3/c1-26(2)14-15-27(3,4)24-18-22(21(17-23(24)26)7-6-16-30-5)13-10-19-8-11-20(12-9-19)25(28)29/h8-13,17-18H,6-7,14-16H2,1-5H3,(H,28,29)/b13-10+. The van der Waals surface area contributed by atoms with Crippen LogP contribution in [0.25, 0.3) is 12.2 Å². The van der Waals surface area contributed by atoms with Crippen molar-refractivity contribution in [3.8, 4) is 0 Å². The number of fused-ring (bicyclic) bond motifs is 1. The summed E-state index contributed by atoms with van der Waals surface area (Å²) >= 11 is 0. The van der Waals surface area contributed by atoms with Crippen molar-refractivity contribution >= 4 is 18.1 Å². The minimum Gasteiger partial charge on any atom is -0.478 e. The van der Waals surface area contributed by atoms with Gasteiger partial charge in [-0.3, -0.25) is 0 Å². The molecule has 0 bridgehead atoms. The third-order valence-corrected chi connectivity index (χ3v) is 6.52. The van der Waals surface area contributed by atoms with Gasteiger partial charge < -0.3 is 9.84 Å². The monoisotopic (exact) mass is 406 g/mol. The quantitative estimate of drug-likeness (QED) is 0.423. The molecule has 0 saturated heterocycles. The number of aryl methyl sites for hydroxylation is 1. The fraction of sp³-hybridized carbons (Fsp3) is 0.444. The Balaban J connectivity index is 2.01. The van der Waals surface area contributed by atoms with Crippen molar-refractivity contribution in [2.24, 2.45) is 0 Å². The fourth-order valence-electron chi connectivity index (χ4n) is 4.38. The number of hydrogen-bond donors (Lipinski definition) is 1. The normalized spacial score (nSPS) is 17.1. The van der Waals surface area contributed by atoms with Crippen molar-refractivity contribution in [1.82, 2.24) is 0 Å². The van der Waals surface area contributed by atoms with Gasteiger partial charge in [0.2, 0.25) is 0 Å². The summed E-state index contributed by atoms with van der Waals surface area (Å²) in [6.07, 6.45) is 8.62. The lowest BCUT2D eigenvalue weighted by molar-refractivity contribution is 0.0697. The van der Waals surface area contributed by atoms with Crippen molar-refractivity contribution < 1.29 is 14.6 Å². The molecule has 160 valence electrons. The van der Waals surface area contributed by atoms with Gasteiger partial charge in [0.15, 0.2) is 0 Å². The van der Waals surface area contributed by atoms with Crippen LogP contribution >= 0.6 is 0 Å². The van der Waals surface area contributed by atoms with Gasteiger partial charge >= 0.3 is 5.97 Å². The van der Waals surface area contributed by atoms with Gasteiger partial charge in [0.05, 0.1) is 5.56 Å². The predicted molar refractivity (Wildman–Crippen MR) is 124 cm³/mol. The zero-order valence-electron chi connectivity index (χ0n) is 18.9. The molecule has 0 unspecified atom stereocenters. The minimum absolute atomic E-state index is 0.168. The first-order chi connectivity index (χ1) is 14.1. The molecule has 1 aliphatic carbocycles. The Labute approximate surface area is 180 Å². The van der Waals surface area contributed by atoms with E-state index in [1.54, 1.807) is 19.2 Å². The highest BCUT2D eigenvalue weighted by molar-refractivity contribution is 5.88. The van der Waals surface area contributed by atoms with E-state index in [1.165, 1.54) is 35.1 Å². The van der Waals surface area contributed by atoms with E-state index in [1.807, 2.05) is 12.1 Å². The second kappa shape index (κ2) is 8.77. The molecule has 0 spiro atoms. The van der Waals surface area contributed by atoms with E-state index in [9.17, 15) is 4.79 Å². The maximum Gasteiger partial charge on any atom is 0.335 e. The van der Waals surface area contributed by atoms with Gasteiger partial charge in [0, 0.05) is 13.7 Å². The van der Waals surface area contributed by atoms with Crippen LogP contribution in [0, 0.1) is 0 Å². The Bertz CT molecular complexity index is 933. The van der Waals surface area contributed by atoms with E-state index in [0.29, 0.717) is 5.56 Å². The molecule has 3 heteroatoms. The van der Waals surface area contributed by atoms with E-state index in [0.717, 1.165) is 25.0 Å². The van der Waals surface area contributed by atoms with Crippen LogP contribution in [0.4, 0.5) is 0 Å². The zero-order chi connectivity index (χ0) is 21.9. The molecule has 3 nitrogen and oxygen atoms in total. The molecule has 0 heterocycles. The van der Waals surface area contributed by atoms with Crippen molar-refractivity contribution in [3.05, 3.63) is 69.8 Å². The third-order valence-electron chi connectivity index (χ3n) is 6.52. The summed E-state index contributed by atoms with van der Waals surface area (Å²) in [5.74, 6) is -0.898. The molecule has 0 fully saturated rings. The number of rotatable bonds is 7. The number of carboxylic acids is 1. The van der Waals surface area contributed by atoms with Crippen LogP contribution in [0.1, 0.15) is 85.1 Å². The molecule has 2 aromatic carbocycles. The smallest absolute Gasteiger partial charge is 0.335 e. The summed E-state index contributed by atoms with van der Waals surface area (Å²) < 4.78 is 5.28. The molecule has 0 radical (unpaired) electrons. The molecule has 2 aromatic rings. The summed E-state index contributed by atoms with van der Waals surface area (Å²) in [5.41, 5.74) is 7.21. The second-order valence-corrected chi connectivity index (χ2v) is 9.72. The zero-order valence-corrected chi connectivity index (χ0v) is 18.9. The number of carboxylic acid groups (broad SMARTS) is 1. The summed E-state index contributed by atoms with van der Waals surface area (Å²) in [5, 5.41) is 9.10. The number of ether oxygens (including phenoxy) is 1. The minimum atomic E-state index is -0.898. The molecule has 1 N–H and O–H groups in total. The number of methoxy groups -OCH3 is 1. The van der Waals surface area contributed by atoms with Gasteiger partial charge in [0.1, 0.15) is 0 Å². The number of hydrogen-bond acceptors (Lipinski definition) is 2. The predicted octanol–water partition coefficient (Wildman–Crippen LogP) is 6.48. The highest BCUT2D eigenvalue weighted by atomic mass is 16.5. The molecule has 0 aromatic heterocycles. The van der Waals surface area contributed by atoms with Crippen molar-refractivity contribution in [3.63, 3.8) is 0 Å². The second-order valence-electron chi connectivity index (χ2n) is 9.72. The maximum absolute atomic E-state index is 11.1. The van der Waals surface area contributed by atoms with E-state index in [4.69, 9.17) is 9.84 Å². The average Bonchev–Trinajstić information content (AvgIpc) is 2.70. The maximum atomic E-state index is 11.1. The first kappa shape index (κ1) is 22.3. The summed E-state index contributed by atoms with van der Waals surface area (Å²) in [4.78, 5) is 11.1. The van der Waals surface area contributed by atoms with Crippen molar-refractivity contribution in [1.29, 1.82) is 0 Å². The Morgan fingerprint density at radius 3 is 2.17 bits per heavy atom. The lowest BCUT2D eigenvalue weighted by Gasteiger charge is -2.42. The van der Waals surface area contributed by atoms with Crippen molar-refractivity contribution in [2.75, 3.05) is 13.7 Å². The van der Waals surface area contributed by atoms with Gasteiger partial charge in [-0.05, 0) is 76.5 Å². The van der Waals surface area contributed by atoms with E-state index in [-0.39, 0.29) is 10.8 Å². The molecular formula is C27H34O3. The molecule has 0 atom stereocenters. The van der Waals surface area contributed by atoms with Crippen LogP contribution in [0.2, 0.25) is 0 Å². The molecule has 30 heavy (non-hydrogen) atoms. The topological polar surface area (TPSA) is 46.5 Å². The van der Waals surface area contributed by atoms with Gasteiger partial charge in [0.25, 0.3) is 0 Å². The molecule has 0 amide bonds. The Morgan fingerprint density at radius 2 is 1.60 bits per heavy atom. The lowest BCUT2D eigenvalue weighted by atomic mass is 9.62. The highest BCUT2D eigenvalue weighted by Gasteiger charge is 2.37. The molecular weight excluding hydrogens is 372 g/mol. The lowest BCUT2D eigenvalue weighted by Crippen LogP contribution is -2.34. The summed E-state index contributed by atoms with van der Waals surface area (Å²) in [6.45, 7) is 10.2. The van der Waals surface area contributed by atoms with Gasteiger partial charge in [-0.15, -0.1) is 0 Å². The average molecular weight is 407 g/mol. The third kappa shape index (κ3) is 4.84. The highest BCUT2D eigenvalue weighted by Crippen LogP contribution is 2.46. The summed E-state index contributed by atoms with van der Waals surface area (Å²) in [7, 11) is 1.75. The van der Waals surface area contributed by atoms with Crippen LogP contribution in [0.3, 0.4) is 0 Å². The van der Waals surface area contributed by atoms with E-state index < -0.39 is 5.97 Å². The Hall–Kier alpha value is -2.39. The summed E-state index contributed by atoms with van der Waals surface area (Å²) in [6, 6.07) is 11.8. The van der Waals surface area contributed by atoms with Crippen LogP contribution in [0.15, 0.2) is 36.4 Å². The van der Waals surface area contributed by atoms with Crippen molar-refractivity contribution in [2.45, 2.75) is 64.2 Å². The largest absolute Gasteiger partial charge is 0.478 e. The SMILES string of the molecule is COCCCc1cc2c(cc1/C=C/c1ccc(C(=O)O)cc1)C(C)(C)CCC2(C)C. The van der Waals surface area contributed by atoms with Gasteiger partial charge in [-0.1, -0.05) is 64.1 Å². The Morgan fingerprint density at radius 1 is 1.00 bits per heavy atom. The fourth-order valence-corrected chi connectivity index (χ4v) is 4.38. The first-order valence-corrected chi connectivity index (χ1v) is 10.8. The number of carbonyl (C=O) groups is 1. The van der Waals surface area contributed by atoms with E-state index in [2.05, 4.69) is 52.0 Å². The van der Waals surface area contributed by atoms with Crippen LogP contribution < -0.4 is 0 Å². The molecule has 0 saturated carbocycles.